The van der Waals surface area contributed by atoms with Crippen LogP contribution in [0.3, 0.4) is 0 Å². The monoisotopic (exact) mass is 476 g/mol. The number of carbonyl (C=O) groups excluding carboxylic acids is 1. The first-order chi connectivity index (χ1) is 14.8. The molecule has 0 aliphatic carbocycles. The molecule has 2 N–H and O–H groups in total. The number of nitro benzene ring substituents is 1. The van der Waals surface area contributed by atoms with Crippen molar-refractivity contribution >= 4 is 19.2 Å². The highest BCUT2D eigenvalue weighted by Crippen LogP contribution is 2.42. The van der Waals surface area contributed by atoms with Crippen LogP contribution < -0.4 is 10.1 Å². The number of alkyl halides is 3. The maximum Gasteiger partial charge on any atom is 0.416 e. The molecule has 0 spiro atoms. The molecule has 0 bridgehead atoms. The van der Waals surface area contributed by atoms with E-state index >= 15 is 0 Å². The van der Waals surface area contributed by atoms with Gasteiger partial charge < -0.3 is 19.5 Å². The van der Waals surface area contributed by atoms with Gasteiger partial charge in [0.2, 0.25) is 0 Å². The lowest BCUT2D eigenvalue weighted by molar-refractivity contribution is -0.385. The summed E-state index contributed by atoms with van der Waals surface area (Å²) in [6.45, 7) is 3.30. The van der Waals surface area contributed by atoms with Crippen LogP contribution in [0.5, 0.6) is 11.5 Å². The molecule has 0 heterocycles. The number of nitrogens with zero attached hydrogens (tertiary/aromatic N) is 1. The highest BCUT2D eigenvalue weighted by atomic mass is 31.2. The van der Waals surface area contributed by atoms with Gasteiger partial charge in [-0.1, -0.05) is 6.92 Å². The highest BCUT2D eigenvalue weighted by molar-refractivity contribution is 7.52. The Kier molecular flexibility index (Phi) is 8.00. The Morgan fingerprint density at radius 3 is 2.34 bits per heavy atom. The average Bonchev–Trinajstić information content (AvgIpc) is 2.71. The van der Waals surface area contributed by atoms with E-state index < -0.39 is 53.8 Å². The van der Waals surface area contributed by atoms with E-state index in [0.29, 0.717) is 6.42 Å². The molecule has 0 fully saturated rings. The van der Waals surface area contributed by atoms with Gasteiger partial charge in [0, 0.05) is 12.1 Å². The molecule has 2 aromatic carbocycles. The number of ether oxygens (including phenoxy) is 1. The molecule has 0 saturated carbocycles. The lowest BCUT2D eigenvalue weighted by atomic mass is 10.1. The molecular weight excluding hydrogens is 456 g/mol. The van der Waals surface area contributed by atoms with Crippen molar-refractivity contribution in [1.82, 2.24) is 5.32 Å². The SMILES string of the molecule is CCC(C)OP(=O)(O)CNC(=O)c1cc(Oc2ccc(C(F)(F)F)cc2)ccc1[N+](=O)[O-]. The molecule has 0 aliphatic heterocycles. The van der Waals surface area contributed by atoms with Crippen LogP contribution in [0, 0.1) is 10.1 Å². The van der Waals surface area contributed by atoms with Crippen molar-refractivity contribution in [2.75, 3.05) is 6.29 Å². The van der Waals surface area contributed by atoms with Crippen LogP contribution in [0.1, 0.15) is 36.2 Å². The predicted molar refractivity (Wildman–Crippen MR) is 108 cm³/mol. The number of nitro groups is 1. The minimum absolute atomic E-state index is 0.0000219. The van der Waals surface area contributed by atoms with E-state index in [1.54, 1.807) is 13.8 Å². The molecule has 2 rings (SSSR count). The Morgan fingerprint density at radius 2 is 1.81 bits per heavy atom. The fourth-order valence-electron chi connectivity index (χ4n) is 2.43. The molecule has 32 heavy (non-hydrogen) atoms. The van der Waals surface area contributed by atoms with Crippen molar-refractivity contribution in [3.8, 4) is 11.5 Å². The molecule has 0 radical (unpaired) electrons. The molecule has 2 unspecified atom stereocenters. The number of hydrogen-bond donors (Lipinski definition) is 2. The van der Waals surface area contributed by atoms with Gasteiger partial charge in [-0.25, -0.2) is 0 Å². The Balaban J connectivity index is 2.21. The summed E-state index contributed by atoms with van der Waals surface area (Å²) in [4.78, 5) is 32.7. The highest BCUT2D eigenvalue weighted by Gasteiger charge is 2.30. The number of nitrogens with one attached hydrogen (secondary N) is 1. The lowest BCUT2D eigenvalue weighted by Crippen LogP contribution is -2.26. The van der Waals surface area contributed by atoms with Crippen LogP contribution in [0.4, 0.5) is 18.9 Å². The Bertz CT molecular complexity index is 1030. The van der Waals surface area contributed by atoms with Gasteiger partial charge in [0.25, 0.3) is 11.6 Å². The van der Waals surface area contributed by atoms with Crippen molar-refractivity contribution in [3.05, 3.63) is 63.7 Å². The van der Waals surface area contributed by atoms with Crippen LogP contribution in [0.25, 0.3) is 0 Å². The summed E-state index contributed by atoms with van der Waals surface area (Å²) in [5, 5.41) is 13.4. The van der Waals surface area contributed by atoms with Gasteiger partial charge in [-0.05, 0) is 43.7 Å². The fourth-order valence-corrected chi connectivity index (χ4v) is 3.56. The Labute approximate surface area is 180 Å². The van der Waals surface area contributed by atoms with E-state index in [2.05, 4.69) is 5.32 Å². The molecule has 0 saturated heterocycles. The van der Waals surface area contributed by atoms with E-state index in [0.717, 1.165) is 42.5 Å². The summed E-state index contributed by atoms with van der Waals surface area (Å²) in [5.74, 6) is -1.10. The van der Waals surface area contributed by atoms with Gasteiger partial charge in [-0.3, -0.25) is 19.5 Å². The van der Waals surface area contributed by atoms with Crippen molar-refractivity contribution in [2.45, 2.75) is 32.5 Å². The summed E-state index contributed by atoms with van der Waals surface area (Å²) >= 11 is 0. The number of halogens is 3. The summed E-state index contributed by atoms with van der Waals surface area (Å²) in [6.07, 6.45) is -5.40. The standard InChI is InChI=1S/C19H20F3N2O7P/c1-3-12(2)31-32(28,29)11-23-18(25)16-10-15(8-9-17(16)24(26)27)30-14-6-4-13(5-7-14)19(20,21)22/h4-10,12H,3,11H2,1-2H3,(H,23,25)(H,28,29). The molecule has 2 atom stereocenters. The molecular formula is C19H20F3N2O7P. The largest absolute Gasteiger partial charge is 0.457 e. The van der Waals surface area contributed by atoms with Gasteiger partial charge in [0.05, 0.1) is 16.6 Å². The molecule has 1 amide bonds. The van der Waals surface area contributed by atoms with Crippen LogP contribution in [0.15, 0.2) is 42.5 Å². The minimum Gasteiger partial charge on any atom is -0.457 e. The summed E-state index contributed by atoms with van der Waals surface area (Å²) in [5.41, 5.74) is -1.96. The van der Waals surface area contributed by atoms with Gasteiger partial charge in [0.1, 0.15) is 23.3 Å². The van der Waals surface area contributed by atoms with E-state index in [4.69, 9.17) is 9.26 Å². The van der Waals surface area contributed by atoms with Crippen molar-refractivity contribution in [1.29, 1.82) is 0 Å². The van der Waals surface area contributed by atoms with Crippen LogP contribution in [-0.4, -0.2) is 28.1 Å². The first kappa shape index (κ1) is 25.3. The minimum atomic E-state index is -4.53. The van der Waals surface area contributed by atoms with Gasteiger partial charge in [0.15, 0.2) is 0 Å². The number of benzene rings is 2. The second-order valence-corrected chi connectivity index (χ2v) is 8.49. The quantitative estimate of drug-likeness (QED) is 0.293. The average molecular weight is 476 g/mol. The van der Waals surface area contributed by atoms with E-state index in [1.165, 1.54) is 0 Å². The van der Waals surface area contributed by atoms with Gasteiger partial charge in [-0.2, -0.15) is 13.2 Å². The zero-order chi connectivity index (χ0) is 24.1. The second-order valence-electron chi connectivity index (χ2n) is 6.69. The number of amides is 1. The van der Waals surface area contributed by atoms with Crippen molar-refractivity contribution < 1.29 is 41.6 Å². The van der Waals surface area contributed by atoms with Crippen LogP contribution in [0.2, 0.25) is 0 Å². The normalized spacial score (nSPS) is 14.3. The van der Waals surface area contributed by atoms with Crippen LogP contribution >= 0.6 is 7.60 Å². The number of hydrogen-bond acceptors (Lipinski definition) is 6. The third-order valence-corrected chi connectivity index (χ3v) is 5.43. The molecule has 2 aromatic rings. The Hall–Kier alpha value is -2.95. The van der Waals surface area contributed by atoms with Crippen molar-refractivity contribution in [3.63, 3.8) is 0 Å². The first-order valence-electron chi connectivity index (χ1n) is 9.24. The molecule has 9 nitrogen and oxygen atoms in total. The summed E-state index contributed by atoms with van der Waals surface area (Å²) in [7, 11) is -4.19. The van der Waals surface area contributed by atoms with Crippen molar-refractivity contribution in [2.24, 2.45) is 0 Å². The molecule has 0 aromatic heterocycles. The molecule has 13 heteroatoms. The zero-order valence-electron chi connectivity index (χ0n) is 17.0. The van der Waals surface area contributed by atoms with Gasteiger partial charge >= 0.3 is 13.8 Å². The van der Waals surface area contributed by atoms with Gasteiger partial charge in [-0.15, -0.1) is 0 Å². The maximum absolute atomic E-state index is 12.7. The molecule has 174 valence electrons. The third-order valence-electron chi connectivity index (χ3n) is 4.19. The topological polar surface area (TPSA) is 128 Å². The molecule has 0 aliphatic rings. The third kappa shape index (κ3) is 7.04. The maximum atomic E-state index is 12.7. The van der Waals surface area contributed by atoms with E-state index in [1.807, 2.05) is 0 Å². The van der Waals surface area contributed by atoms with E-state index in [-0.39, 0.29) is 11.5 Å². The van der Waals surface area contributed by atoms with E-state index in [9.17, 15) is 37.5 Å². The fraction of sp³-hybridized carbons (Fsp3) is 0.316. The number of carbonyl (C=O) groups is 1. The smallest absolute Gasteiger partial charge is 0.416 e. The lowest BCUT2D eigenvalue weighted by Gasteiger charge is -2.17. The summed E-state index contributed by atoms with van der Waals surface area (Å²) < 4.78 is 60.3. The first-order valence-corrected chi connectivity index (χ1v) is 11.0. The second kappa shape index (κ2) is 10.1. The number of rotatable bonds is 9. The zero-order valence-corrected chi connectivity index (χ0v) is 17.9. The summed E-state index contributed by atoms with van der Waals surface area (Å²) in [6, 6.07) is 6.84. The Morgan fingerprint density at radius 1 is 1.22 bits per heavy atom. The predicted octanol–water partition coefficient (Wildman–Crippen LogP) is 5.09. The van der Waals surface area contributed by atoms with Crippen LogP contribution in [-0.2, 0) is 15.3 Å².